The molecule has 2 N–H and O–H groups in total. The summed E-state index contributed by atoms with van der Waals surface area (Å²) < 4.78 is 15.7. The molecular formula is C15H13ClFN5. The van der Waals surface area contributed by atoms with E-state index in [4.69, 9.17) is 11.6 Å². The van der Waals surface area contributed by atoms with E-state index in [0.29, 0.717) is 23.2 Å². The Labute approximate surface area is 131 Å². The molecule has 0 bridgehead atoms. The lowest BCUT2D eigenvalue weighted by atomic mass is 10.3. The van der Waals surface area contributed by atoms with Crippen LogP contribution in [0.2, 0.25) is 5.02 Å². The summed E-state index contributed by atoms with van der Waals surface area (Å²) in [7, 11) is 0. The standard InChI is InChI=1S/C15H13ClFN5/c16-10-2-1-3-11(15(10)17)20-12-8-14(19-9-4-5-9)22-13(21-12)6-7-18-22/h1-3,6-9,19H,4-5H2,(H,20,21). The van der Waals surface area contributed by atoms with Crippen LogP contribution in [0.1, 0.15) is 12.8 Å². The predicted octanol–water partition coefficient (Wildman–Crippen LogP) is 3.84. The zero-order chi connectivity index (χ0) is 15.1. The van der Waals surface area contributed by atoms with Crippen molar-refractivity contribution in [2.45, 2.75) is 18.9 Å². The molecule has 4 rings (SSSR count). The Balaban J connectivity index is 1.73. The molecule has 1 saturated carbocycles. The Morgan fingerprint density at radius 1 is 1.27 bits per heavy atom. The first-order valence-electron chi connectivity index (χ1n) is 7.03. The van der Waals surface area contributed by atoms with Crippen molar-refractivity contribution in [3.63, 3.8) is 0 Å². The maximum atomic E-state index is 14.0. The van der Waals surface area contributed by atoms with Crippen molar-refractivity contribution in [1.82, 2.24) is 14.6 Å². The minimum Gasteiger partial charge on any atom is -0.367 e. The van der Waals surface area contributed by atoms with E-state index in [1.54, 1.807) is 28.9 Å². The molecule has 1 fully saturated rings. The van der Waals surface area contributed by atoms with E-state index in [2.05, 4.69) is 20.7 Å². The van der Waals surface area contributed by atoms with Gasteiger partial charge in [-0.05, 0) is 25.0 Å². The molecule has 1 aliphatic carbocycles. The molecule has 2 aromatic heterocycles. The Kier molecular flexibility index (Phi) is 3.11. The van der Waals surface area contributed by atoms with Gasteiger partial charge in [0.1, 0.15) is 11.6 Å². The third-order valence-electron chi connectivity index (χ3n) is 3.50. The molecule has 3 aromatic rings. The molecule has 0 saturated heterocycles. The second-order valence-electron chi connectivity index (χ2n) is 5.27. The van der Waals surface area contributed by atoms with Crippen molar-refractivity contribution in [3.05, 3.63) is 47.4 Å². The van der Waals surface area contributed by atoms with Crippen LogP contribution in [0.3, 0.4) is 0 Å². The smallest absolute Gasteiger partial charge is 0.165 e. The summed E-state index contributed by atoms with van der Waals surface area (Å²) in [5.74, 6) is 0.885. The normalized spacial score (nSPS) is 14.3. The molecule has 0 amide bonds. The Morgan fingerprint density at radius 2 is 2.14 bits per heavy atom. The van der Waals surface area contributed by atoms with Gasteiger partial charge in [-0.25, -0.2) is 9.37 Å². The van der Waals surface area contributed by atoms with Crippen LogP contribution in [0.15, 0.2) is 36.5 Å². The van der Waals surface area contributed by atoms with Gasteiger partial charge in [0, 0.05) is 18.2 Å². The quantitative estimate of drug-likeness (QED) is 0.767. The number of hydrogen-bond acceptors (Lipinski definition) is 4. The fourth-order valence-electron chi connectivity index (χ4n) is 2.25. The van der Waals surface area contributed by atoms with Crippen molar-refractivity contribution < 1.29 is 4.39 Å². The maximum absolute atomic E-state index is 14.0. The molecular weight excluding hydrogens is 305 g/mol. The summed E-state index contributed by atoms with van der Waals surface area (Å²) in [6, 6.07) is 8.92. The summed E-state index contributed by atoms with van der Waals surface area (Å²) in [5.41, 5.74) is 0.983. The van der Waals surface area contributed by atoms with E-state index in [1.165, 1.54) is 6.07 Å². The Morgan fingerprint density at radius 3 is 2.95 bits per heavy atom. The van der Waals surface area contributed by atoms with Gasteiger partial charge in [0.05, 0.1) is 16.9 Å². The van der Waals surface area contributed by atoms with E-state index in [-0.39, 0.29) is 5.02 Å². The minimum atomic E-state index is -0.490. The van der Waals surface area contributed by atoms with Gasteiger partial charge in [0.2, 0.25) is 0 Å². The molecule has 5 nitrogen and oxygen atoms in total. The van der Waals surface area contributed by atoms with Crippen LogP contribution < -0.4 is 10.6 Å². The molecule has 0 unspecified atom stereocenters. The van der Waals surface area contributed by atoms with Crippen molar-refractivity contribution in [2.75, 3.05) is 10.6 Å². The van der Waals surface area contributed by atoms with Gasteiger partial charge in [-0.2, -0.15) is 9.61 Å². The van der Waals surface area contributed by atoms with Crippen molar-refractivity contribution in [1.29, 1.82) is 0 Å². The van der Waals surface area contributed by atoms with Gasteiger partial charge >= 0.3 is 0 Å². The van der Waals surface area contributed by atoms with E-state index >= 15 is 0 Å². The first kappa shape index (κ1) is 13.3. The highest BCUT2D eigenvalue weighted by Gasteiger charge is 2.22. The van der Waals surface area contributed by atoms with Crippen molar-refractivity contribution >= 4 is 34.6 Å². The average molecular weight is 318 g/mol. The van der Waals surface area contributed by atoms with E-state index in [9.17, 15) is 4.39 Å². The zero-order valence-electron chi connectivity index (χ0n) is 11.6. The number of aromatic nitrogens is 3. The lowest BCUT2D eigenvalue weighted by molar-refractivity contribution is 0.632. The lowest BCUT2D eigenvalue weighted by Gasteiger charge is -2.12. The number of nitrogens with zero attached hydrogens (tertiary/aromatic N) is 3. The average Bonchev–Trinajstić information content (AvgIpc) is 3.18. The fourth-order valence-corrected chi connectivity index (χ4v) is 2.43. The molecule has 0 aliphatic heterocycles. The zero-order valence-corrected chi connectivity index (χ0v) is 12.3. The molecule has 112 valence electrons. The molecule has 7 heteroatoms. The summed E-state index contributed by atoms with van der Waals surface area (Å²) in [5, 5.41) is 10.7. The second-order valence-corrected chi connectivity index (χ2v) is 5.68. The summed E-state index contributed by atoms with van der Waals surface area (Å²) >= 11 is 5.80. The molecule has 22 heavy (non-hydrogen) atoms. The summed E-state index contributed by atoms with van der Waals surface area (Å²) in [6.45, 7) is 0. The fraction of sp³-hybridized carbons (Fsp3) is 0.200. The molecule has 1 aromatic carbocycles. The van der Waals surface area contributed by atoms with E-state index < -0.39 is 5.82 Å². The van der Waals surface area contributed by atoms with Gasteiger partial charge in [0.15, 0.2) is 11.5 Å². The number of anilines is 3. The van der Waals surface area contributed by atoms with Gasteiger partial charge in [-0.3, -0.25) is 0 Å². The van der Waals surface area contributed by atoms with Crippen LogP contribution in [-0.4, -0.2) is 20.6 Å². The third kappa shape index (κ3) is 2.46. The molecule has 0 spiro atoms. The highest BCUT2D eigenvalue weighted by Crippen LogP contribution is 2.28. The molecule has 2 heterocycles. The van der Waals surface area contributed by atoms with Gasteiger partial charge < -0.3 is 10.6 Å². The van der Waals surface area contributed by atoms with Crippen LogP contribution in [0, 0.1) is 5.82 Å². The Hall–Kier alpha value is -2.34. The number of halogens is 2. The summed E-state index contributed by atoms with van der Waals surface area (Å²) in [6.07, 6.45) is 3.98. The summed E-state index contributed by atoms with van der Waals surface area (Å²) in [4.78, 5) is 4.43. The SMILES string of the molecule is Fc1c(Cl)cccc1Nc1cc(NC2CC2)n2nccc2n1. The monoisotopic (exact) mass is 317 g/mol. The first-order chi connectivity index (χ1) is 10.7. The third-order valence-corrected chi connectivity index (χ3v) is 3.79. The molecule has 0 atom stereocenters. The topological polar surface area (TPSA) is 54.2 Å². The van der Waals surface area contributed by atoms with Gasteiger partial charge in [-0.15, -0.1) is 0 Å². The van der Waals surface area contributed by atoms with Gasteiger partial charge in [-0.1, -0.05) is 17.7 Å². The van der Waals surface area contributed by atoms with Crippen LogP contribution in [0.4, 0.5) is 21.7 Å². The number of benzene rings is 1. The van der Waals surface area contributed by atoms with Crippen molar-refractivity contribution in [2.24, 2.45) is 0 Å². The predicted molar refractivity (Wildman–Crippen MR) is 84.3 cm³/mol. The first-order valence-corrected chi connectivity index (χ1v) is 7.41. The van der Waals surface area contributed by atoms with E-state index in [0.717, 1.165) is 18.7 Å². The minimum absolute atomic E-state index is 0.0757. The second kappa shape index (κ2) is 5.14. The largest absolute Gasteiger partial charge is 0.367 e. The number of hydrogen-bond donors (Lipinski definition) is 2. The van der Waals surface area contributed by atoms with Crippen LogP contribution >= 0.6 is 11.6 Å². The Bertz CT molecular complexity index is 843. The van der Waals surface area contributed by atoms with Crippen LogP contribution in [0.5, 0.6) is 0 Å². The highest BCUT2D eigenvalue weighted by atomic mass is 35.5. The van der Waals surface area contributed by atoms with Crippen LogP contribution in [0.25, 0.3) is 5.65 Å². The number of rotatable bonds is 4. The highest BCUT2D eigenvalue weighted by molar-refractivity contribution is 6.31. The van der Waals surface area contributed by atoms with Gasteiger partial charge in [0.25, 0.3) is 0 Å². The van der Waals surface area contributed by atoms with Crippen LogP contribution in [-0.2, 0) is 0 Å². The number of fused-ring (bicyclic) bond motifs is 1. The number of nitrogens with one attached hydrogen (secondary N) is 2. The molecule has 1 aliphatic rings. The lowest BCUT2D eigenvalue weighted by Crippen LogP contribution is -2.09. The van der Waals surface area contributed by atoms with E-state index in [1.807, 2.05) is 6.07 Å². The molecule has 0 radical (unpaired) electrons. The maximum Gasteiger partial charge on any atom is 0.165 e. The van der Waals surface area contributed by atoms with Crippen molar-refractivity contribution in [3.8, 4) is 0 Å².